The maximum absolute atomic E-state index is 11.9. The first kappa shape index (κ1) is 25.3. The number of halogens is 3. The largest absolute Gasteiger partial charge is 0.490 e. The number of hydrogen-bond acceptors (Lipinski definition) is 4. The number of nitrogens with one attached hydrogen (secondary N) is 1. The molecule has 1 heterocycles. The lowest BCUT2D eigenvalue weighted by molar-refractivity contribution is -0.192. The van der Waals surface area contributed by atoms with Gasteiger partial charge in [-0.2, -0.15) is 13.2 Å². The average Bonchev–Trinajstić information content (AvgIpc) is 2.60. The molecule has 1 saturated heterocycles. The summed E-state index contributed by atoms with van der Waals surface area (Å²) in [7, 11) is 0. The quantitative estimate of drug-likeness (QED) is 0.643. The van der Waals surface area contributed by atoms with Crippen LogP contribution < -0.4 is 10.2 Å². The van der Waals surface area contributed by atoms with E-state index < -0.39 is 18.1 Å². The van der Waals surface area contributed by atoms with Gasteiger partial charge >= 0.3 is 18.1 Å². The maximum atomic E-state index is 11.9. The fourth-order valence-electron chi connectivity index (χ4n) is 3.01. The fraction of sp³-hybridized carbons (Fsp3) is 0.550. The number of aromatic carboxylic acids is 1. The Hall–Kier alpha value is -2.78. The Bertz CT molecular complexity index is 765. The van der Waals surface area contributed by atoms with Gasteiger partial charge in [-0.1, -0.05) is 20.8 Å². The third kappa shape index (κ3) is 8.30. The smallest absolute Gasteiger partial charge is 0.478 e. The van der Waals surface area contributed by atoms with Gasteiger partial charge in [-0.25, -0.2) is 9.59 Å². The highest BCUT2D eigenvalue weighted by Gasteiger charge is 2.38. The van der Waals surface area contributed by atoms with E-state index in [4.69, 9.17) is 9.90 Å². The number of nitrogens with zero attached hydrogens (tertiary/aromatic N) is 1. The summed E-state index contributed by atoms with van der Waals surface area (Å²) in [6, 6.07) is 5.27. The Morgan fingerprint density at radius 1 is 1.23 bits per heavy atom. The zero-order chi connectivity index (χ0) is 23.1. The van der Waals surface area contributed by atoms with E-state index in [-0.39, 0.29) is 17.4 Å². The van der Waals surface area contributed by atoms with Gasteiger partial charge in [0.05, 0.1) is 11.3 Å². The molecule has 1 atom stereocenters. The third-order valence-corrected chi connectivity index (χ3v) is 4.37. The van der Waals surface area contributed by atoms with Gasteiger partial charge in [-0.3, -0.25) is 4.79 Å². The average molecular weight is 432 g/mol. The number of carboxylic acid groups (broad SMARTS) is 2. The molecule has 1 fully saturated rings. The van der Waals surface area contributed by atoms with Crippen LogP contribution in [0.1, 0.15) is 50.4 Å². The van der Waals surface area contributed by atoms with Crippen LogP contribution in [0.3, 0.4) is 0 Å². The summed E-state index contributed by atoms with van der Waals surface area (Å²) in [6.07, 6.45) is -2.37. The Balaban J connectivity index is 0.000000553. The van der Waals surface area contributed by atoms with Crippen LogP contribution in [-0.4, -0.2) is 47.3 Å². The lowest BCUT2D eigenvalue weighted by Gasteiger charge is -2.33. The number of aliphatic carboxylic acids is 1. The Morgan fingerprint density at radius 3 is 2.30 bits per heavy atom. The molecule has 0 spiro atoms. The van der Waals surface area contributed by atoms with E-state index >= 15 is 0 Å². The molecule has 10 heteroatoms. The first-order chi connectivity index (χ1) is 13.8. The molecule has 1 unspecified atom stereocenters. The zero-order valence-corrected chi connectivity index (χ0v) is 17.1. The van der Waals surface area contributed by atoms with Crippen molar-refractivity contribution in [2.75, 3.05) is 23.3 Å². The van der Waals surface area contributed by atoms with Crippen molar-refractivity contribution in [2.45, 2.75) is 46.2 Å². The molecule has 1 aromatic rings. The molecule has 3 N–H and O–H groups in total. The minimum Gasteiger partial charge on any atom is -0.478 e. The van der Waals surface area contributed by atoms with E-state index in [0.29, 0.717) is 18.0 Å². The van der Waals surface area contributed by atoms with E-state index in [1.165, 1.54) is 6.42 Å². The Kier molecular flexibility index (Phi) is 9.13. The van der Waals surface area contributed by atoms with E-state index in [9.17, 15) is 27.9 Å². The van der Waals surface area contributed by atoms with Crippen molar-refractivity contribution in [1.82, 2.24) is 0 Å². The normalized spacial score (nSPS) is 16.5. The molecule has 0 aromatic heterocycles. The van der Waals surface area contributed by atoms with Gasteiger partial charge in [0, 0.05) is 25.2 Å². The standard InChI is InChI=1S/C18H26N2O3.C2HF3O2/c1-12(2)9-17(21)19-16-7-6-14(10-15(16)18(22)23)20-8-4-5-13(3)11-20;3-2(4,5)1(6)7/h6-7,10,12-13H,4-5,8-9,11H2,1-3H3,(H,19,21)(H,22,23);(H,6,7). The van der Waals surface area contributed by atoms with Crippen LogP contribution in [0.5, 0.6) is 0 Å². The number of carboxylic acids is 2. The van der Waals surface area contributed by atoms with Crippen LogP contribution in [0.4, 0.5) is 24.5 Å². The molecule has 0 radical (unpaired) electrons. The van der Waals surface area contributed by atoms with Crippen molar-refractivity contribution in [3.8, 4) is 0 Å². The van der Waals surface area contributed by atoms with Crippen LogP contribution in [-0.2, 0) is 9.59 Å². The molecule has 0 aliphatic carbocycles. The van der Waals surface area contributed by atoms with Gasteiger partial charge in [0.25, 0.3) is 0 Å². The van der Waals surface area contributed by atoms with E-state index in [2.05, 4.69) is 17.1 Å². The maximum Gasteiger partial charge on any atom is 0.490 e. The van der Waals surface area contributed by atoms with Gasteiger partial charge < -0.3 is 20.4 Å². The number of carbonyl (C=O) groups excluding carboxylic acids is 1. The van der Waals surface area contributed by atoms with Crippen LogP contribution in [0, 0.1) is 11.8 Å². The Morgan fingerprint density at radius 2 is 1.83 bits per heavy atom. The lowest BCUT2D eigenvalue weighted by Crippen LogP contribution is -2.34. The second kappa shape index (κ2) is 10.8. The molecule has 2 rings (SSSR count). The summed E-state index contributed by atoms with van der Waals surface area (Å²) in [5.74, 6) is -3.08. The molecule has 1 aliphatic rings. The number of alkyl halides is 3. The highest BCUT2D eigenvalue weighted by molar-refractivity contribution is 6.01. The molecule has 168 valence electrons. The summed E-state index contributed by atoms with van der Waals surface area (Å²) >= 11 is 0. The highest BCUT2D eigenvalue weighted by atomic mass is 19.4. The van der Waals surface area contributed by atoms with Crippen molar-refractivity contribution in [3.63, 3.8) is 0 Å². The lowest BCUT2D eigenvalue weighted by atomic mass is 9.99. The van der Waals surface area contributed by atoms with Crippen LogP contribution in [0.25, 0.3) is 0 Å². The second-order valence-electron chi connectivity index (χ2n) is 7.68. The van der Waals surface area contributed by atoms with Crippen molar-refractivity contribution in [2.24, 2.45) is 11.8 Å². The SMILES string of the molecule is CC(C)CC(=O)Nc1ccc(N2CCCC(C)C2)cc1C(=O)O.O=C(O)C(F)(F)F. The number of amides is 1. The van der Waals surface area contributed by atoms with Gasteiger partial charge in [-0.15, -0.1) is 0 Å². The number of piperidine rings is 1. The number of anilines is 2. The molecule has 0 bridgehead atoms. The van der Waals surface area contributed by atoms with Crippen LogP contribution in [0.2, 0.25) is 0 Å². The first-order valence-electron chi connectivity index (χ1n) is 9.53. The van der Waals surface area contributed by atoms with E-state index in [1.54, 1.807) is 12.1 Å². The van der Waals surface area contributed by atoms with Crippen LogP contribution >= 0.6 is 0 Å². The zero-order valence-electron chi connectivity index (χ0n) is 17.1. The predicted molar refractivity (Wildman–Crippen MR) is 106 cm³/mol. The molecular weight excluding hydrogens is 405 g/mol. The topological polar surface area (TPSA) is 107 Å². The molecular formula is C20H27F3N2O5. The van der Waals surface area contributed by atoms with E-state index in [0.717, 1.165) is 25.2 Å². The molecule has 1 aliphatic heterocycles. The van der Waals surface area contributed by atoms with Crippen molar-refractivity contribution in [1.29, 1.82) is 0 Å². The molecule has 30 heavy (non-hydrogen) atoms. The number of hydrogen-bond donors (Lipinski definition) is 3. The number of carbonyl (C=O) groups is 3. The summed E-state index contributed by atoms with van der Waals surface area (Å²) in [4.78, 5) is 34.6. The number of benzene rings is 1. The number of rotatable bonds is 5. The van der Waals surface area contributed by atoms with Gasteiger partial charge in [0.1, 0.15) is 0 Å². The van der Waals surface area contributed by atoms with Crippen LogP contribution in [0.15, 0.2) is 18.2 Å². The second-order valence-corrected chi connectivity index (χ2v) is 7.68. The van der Waals surface area contributed by atoms with Gasteiger partial charge in [0.2, 0.25) is 5.91 Å². The van der Waals surface area contributed by atoms with E-state index in [1.807, 2.05) is 19.9 Å². The van der Waals surface area contributed by atoms with Gasteiger partial charge in [0.15, 0.2) is 0 Å². The Labute approximate surface area is 172 Å². The summed E-state index contributed by atoms with van der Waals surface area (Å²) in [6.45, 7) is 8.02. The minimum atomic E-state index is -5.08. The van der Waals surface area contributed by atoms with Gasteiger partial charge in [-0.05, 0) is 42.9 Å². The summed E-state index contributed by atoms with van der Waals surface area (Å²) in [5.41, 5.74) is 1.44. The monoisotopic (exact) mass is 432 g/mol. The van der Waals surface area contributed by atoms with Crippen molar-refractivity contribution in [3.05, 3.63) is 23.8 Å². The van der Waals surface area contributed by atoms with Crippen molar-refractivity contribution < 1.29 is 37.8 Å². The third-order valence-electron chi connectivity index (χ3n) is 4.37. The predicted octanol–water partition coefficient (Wildman–Crippen LogP) is 4.24. The first-order valence-corrected chi connectivity index (χ1v) is 9.53. The highest BCUT2D eigenvalue weighted by Crippen LogP contribution is 2.27. The molecule has 0 saturated carbocycles. The molecule has 1 aromatic carbocycles. The summed E-state index contributed by atoms with van der Waals surface area (Å²) < 4.78 is 31.7. The fourth-order valence-corrected chi connectivity index (χ4v) is 3.01. The summed E-state index contributed by atoms with van der Waals surface area (Å²) in [5, 5.41) is 19.3. The molecule has 1 amide bonds. The minimum absolute atomic E-state index is 0.151. The molecule has 7 nitrogen and oxygen atoms in total. The van der Waals surface area contributed by atoms with Crippen molar-refractivity contribution >= 4 is 29.2 Å².